The zero-order chi connectivity index (χ0) is 14.1. The molecule has 5 heteroatoms. The Balaban J connectivity index is 2.07. The van der Waals surface area contributed by atoms with Crippen LogP contribution in [-0.4, -0.2) is 14.8 Å². The molecule has 0 radical (unpaired) electrons. The topological polar surface area (TPSA) is 50.7 Å². The summed E-state index contributed by atoms with van der Waals surface area (Å²) >= 11 is 5.85. The fourth-order valence-electron chi connectivity index (χ4n) is 1.97. The molecule has 3 aromatic rings. The molecule has 1 N–H and O–H groups in total. The van der Waals surface area contributed by atoms with Crippen molar-refractivity contribution in [3.05, 3.63) is 69.7 Å². The Hall–Kier alpha value is -2.33. The third-order valence-corrected chi connectivity index (χ3v) is 3.30. The van der Waals surface area contributed by atoms with Crippen LogP contribution in [0.3, 0.4) is 0 Å². The van der Waals surface area contributed by atoms with Crippen molar-refractivity contribution in [2.45, 2.75) is 6.92 Å². The van der Waals surface area contributed by atoms with E-state index in [1.807, 2.05) is 25.1 Å². The largest absolute Gasteiger partial charge is 0.296 e. The maximum atomic E-state index is 12.4. The minimum Gasteiger partial charge on any atom is -0.296 e. The van der Waals surface area contributed by atoms with Crippen molar-refractivity contribution in [1.29, 1.82) is 0 Å². The lowest BCUT2D eigenvalue weighted by molar-refractivity contribution is 0.818. The van der Waals surface area contributed by atoms with E-state index in [1.165, 1.54) is 4.68 Å². The van der Waals surface area contributed by atoms with Gasteiger partial charge in [0.1, 0.15) is 0 Å². The number of hydrogen-bond donors (Lipinski definition) is 1. The molecular weight excluding hydrogens is 274 g/mol. The number of aryl methyl sites for hydroxylation is 1. The molecule has 4 nitrogen and oxygen atoms in total. The summed E-state index contributed by atoms with van der Waals surface area (Å²) < 4.78 is 1.42. The first kappa shape index (κ1) is 12.7. The monoisotopic (exact) mass is 285 g/mol. The minimum absolute atomic E-state index is 0.135. The molecule has 0 saturated heterocycles. The maximum Gasteiger partial charge on any atom is 0.280 e. The van der Waals surface area contributed by atoms with Gasteiger partial charge in [-0.05, 0) is 36.2 Å². The fourth-order valence-corrected chi connectivity index (χ4v) is 2.09. The second-order valence-electron chi connectivity index (χ2n) is 4.53. The molecule has 1 aromatic carbocycles. The number of halogens is 1. The lowest BCUT2D eigenvalue weighted by Crippen LogP contribution is -2.16. The molecule has 0 fully saturated rings. The van der Waals surface area contributed by atoms with Crippen LogP contribution >= 0.6 is 11.6 Å². The summed E-state index contributed by atoms with van der Waals surface area (Å²) in [5, 5.41) is 3.57. The molecular formula is C15H12ClN3O. The number of nitrogens with zero attached hydrogens (tertiary/aromatic N) is 2. The molecule has 3 rings (SSSR count). The van der Waals surface area contributed by atoms with E-state index in [-0.39, 0.29) is 5.56 Å². The number of hydrogen-bond acceptors (Lipinski definition) is 2. The number of H-pyrrole nitrogens is 1. The van der Waals surface area contributed by atoms with Gasteiger partial charge in [0, 0.05) is 17.4 Å². The highest BCUT2D eigenvalue weighted by molar-refractivity contribution is 6.30. The Kier molecular flexibility index (Phi) is 3.16. The van der Waals surface area contributed by atoms with Gasteiger partial charge in [0.05, 0.1) is 5.56 Å². The summed E-state index contributed by atoms with van der Waals surface area (Å²) in [5.41, 5.74) is 2.32. The first-order chi connectivity index (χ1) is 9.65. The lowest BCUT2D eigenvalue weighted by atomic mass is 10.1. The summed E-state index contributed by atoms with van der Waals surface area (Å²) in [6.45, 7) is 1.95. The second-order valence-corrected chi connectivity index (χ2v) is 4.96. The Labute approximate surface area is 120 Å². The third kappa shape index (κ3) is 2.26. The molecule has 20 heavy (non-hydrogen) atoms. The van der Waals surface area contributed by atoms with Gasteiger partial charge in [-0.3, -0.25) is 9.89 Å². The average molecular weight is 286 g/mol. The first-order valence-electron chi connectivity index (χ1n) is 6.14. The first-order valence-corrected chi connectivity index (χ1v) is 6.52. The van der Waals surface area contributed by atoms with Crippen LogP contribution in [0.4, 0.5) is 0 Å². The Morgan fingerprint density at radius 3 is 2.55 bits per heavy atom. The quantitative estimate of drug-likeness (QED) is 0.786. The summed E-state index contributed by atoms with van der Waals surface area (Å²) in [5.74, 6) is 0.570. The number of nitrogens with one attached hydrogen (secondary N) is 1. The molecule has 0 unspecified atom stereocenters. The van der Waals surface area contributed by atoms with Crippen molar-refractivity contribution in [3.8, 4) is 16.9 Å². The Morgan fingerprint density at radius 2 is 1.90 bits per heavy atom. The fraction of sp³-hybridized carbons (Fsp3) is 0.0667. The Morgan fingerprint density at radius 1 is 1.15 bits per heavy atom. The zero-order valence-corrected chi connectivity index (χ0v) is 11.6. The van der Waals surface area contributed by atoms with E-state index in [0.29, 0.717) is 16.4 Å². The molecule has 0 aliphatic rings. The van der Waals surface area contributed by atoms with Crippen molar-refractivity contribution in [1.82, 2.24) is 14.8 Å². The molecule has 0 spiro atoms. The van der Waals surface area contributed by atoms with E-state index in [9.17, 15) is 4.79 Å². The summed E-state index contributed by atoms with van der Waals surface area (Å²) in [7, 11) is 0. The van der Waals surface area contributed by atoms with Gasteiger partial charge in [-0.25, -0.2) is 9.67 Å². The van der Waals surface area contributed by atoms with Gasteiger partial charge in [0.25, 0.3) is 5.56 Å². The van der Waals surface area contributed by atoms with Crippen LogP contribution in [0.1, 0.15) is 5.56 Å². The third-order valence-electron chi connectivity index (χ3n) is 3.05. The van der Waals surface area contributed by atoms with Gasteiger partial charge in [-0.1, -0.05) is 29.8 Å². The number of benzene rings is 1. The lowest BCUT2D eigenvalue weighted by Gasteiger charge is -2.00. The van der Waals surface area contributed by atoms with E-state index in [0.717, 1.165) is 11.1 Å². The number of rotatable bonds is 2. The number of aromatic amines is 1. The van der Waals surface area contributed by atoms with Crippen LogP contribution in [0.25, 0.3) is 16.9 Å². The van der Waals surface area contributed by atoms with Crippen LogP contribution in [-0.2, 0) is 0 Å². The van der Waals surface area contributed by atoms with E-state index in [1.54, 1.807) is 30.6 Å². The molecule has 2 aromatic heterocycles. The molecule has 0 aliphatic carbocycles. The average Bonchev–Trinajstić information content (AvgIpc) is 2.83. The van der Waals surface area contributed by atoms with Crippen molar-refractivity contribution in [2.75, 3.05) is 0 Å². The molecule has 0 bridgehead atoms. The van der Waals surface area contributed by atoms with Gasteiger partial charge < -0.3 is 0 Å². The minimum atomic E-state index is -0.135. The summed E-state index contributed by atoms with van der Waals surface area (Å²) in [6.07, 6.45) is 3.40. The highest BCUT2D eigenvalue weighted by Crippen LogP contribution is 2.18. The highest BCUT2D eigenvalue weighted by atomic mass is 35.5. The molecule has 0 aliphatic heterocycles. The van der Waals surface area contributed by atoms with E-state index >= 15 is 0 Å². The van der Waals surface area contributed by atoms with Gasteiger partial charge in [0.2, 0.25) is 0 Å². The zero-order valence-electron chi connectivity index (χ0n) is 10.8. The van der Waals surface area contributed by atoms with Crippen LogP contribution in [0.2, 0.25) is 5.02 Å². The predicted molar refractivity (Wildman–Crippen MR) is 79.4 cm³/mol. The maximum absolute atomic E-state index is 12.4. The van der Waals surface area contributed by atoms with Gasteiger partial charge in [-0.15, -0.1) is 0 Å². The van der Waals surface area contributed by atoms with E-state index in [4.69, 9.17) is 11.6 Å². The van der Waals surface area contributed by atoms with Gasteiger partial charge in [-0.2, -0.15) is 0 Å². The molecule has 0 saturated carbocycles. The second kappa shape index (κ2) is 4.98. The van der Waals surface area contributed by atoms with E-state index in [2.05, 4.69) is 10.1 Å². The Bertz CT molecular complexity index is 719. The number of aromatic nitrogens is 3. The predicted octanol–water partition coefficient (Wildman–Crippen LogP) is 3.19. The van der Waals surface area contributed by atoms with Crippen molar-refractivity contribution in [3.63, 3.8) is 0 Å². The van der Waals surface area contributed by atoms with Crippen molar-refractivity contribution >= 4 is 11.6 Å². The number of pyridine rings is 1. The van der Waals surface area contributed by atoms with E-state index < -0.39 is 0 Å². The van der Waals surface area contributed by atoms with Crippen molar-refractivity contribution < 1.29 is 0 Å². The molecule has 0 atom stereocenters. The van der Waals surface area contributed by atoms with Gasteiger partial charge >= 0.3 is 0 Å². The van der Waals surface area contributed by atoms with Crippen LogP contribution in [0.15, 0.2) is 53.6 Å². The standard InChI is InChI=1S/C15H12ClN3O/c1-10-2-7-14(17-8-10)19-15(20)13(9-18-19)11-3-5-12(16)6-4-11/h2-9,18H,1H3. The molecule has 2 heterocycles. The normalized spacial score (nSPS) is 10.7. The van der Waals surface area contributed by atoms with Crippen LogP contribution in [0, 0.1) is 6.92 Å². The smallest absolute Gasteiger partial charge is 0.280 e. The molecule has 100 valence electrons. The van der Waals surface area contributed by atoms with Crippen LogP contribution < -0.4 is 5.56 Å². The van der Waals surface area contributed by atoms with Crippen LogP contribution in [0.5, 0.6) is 0 Å². The SMILES string of the molecule is Cc1ccc(-n2[nH]cc(-c3ccc(Cl)cc3)c2=O)nc1. The van der Waals surface area contributed by atoms with Crippen molar-refractivity contribution in [2.24, 2.45) is 0 Å². The van der Waals surface area contributed by atoms with Gasteiger partial charge in [0.15, 0.2) is 5.82 Å². The highest BCUT2D eigenvalue weighted by Gasteiger charge is 2.10. The summed E-state index contributed by atoms with van der Waals surface area (Å²) in [6, 6.07) is 10.9. The summed E-state index contributed by atoms with van der Waals surface area (Å²) in [4.78, 5) is 16.6. The molecule has 0 amide bonds.